The predicted molar refractivity (Wildman–Crippen MR) is 66.9 cm³/mol. The Morgan fingerprint density at radius 2 is 2.16 bits per heavy atom. The first-order valence-electron chi connectivity index (χ1n) is 5.48. The minimum Gasteiger partial charge on any atom is -0.465 e. The number of aromatic nitrogens is 3. The number of anilines is 1. The molecule has 7 nitrogen and oxygen atoms in total. The summed E-state index contributed by atoms with van der Waals surface area (Å²) in [6.45, 7) is 1.72. The zero-order valence-corrected chi connectivity index (χ0v) is 10.4. The topological polar surface area (TPSA) is 97.0 Å². The summed E-state index contributed by atoms with van der Waals surface area (Å²) in [5, 5.41) is 8.71. The van der Waals surface area contributed by atoms with E-state index < -0.39 is 11.9 Å². The Balaban J connectivity index is 2.26. The zero-order valence-electron chi connectivity index (χ0n) is 10.4. The monoisotopic (exact) mass is 260 g/mol. The molecule has 0 radical (unpaired) electrons. The van der Waals surface area contributed by atoms with E-state index in [-0.39, 0.29) is 5.82 Å². The van der Waals surface area contributed by atoms with Crippen LogP contribution in [0.2, 0.25) is 0 Å². The number of carbonyl (C=O) groups excluding carboxylic acids is 2. The van der Waals surface area contributed by atoms with Crippen LogP contribution >= 0.6 is 0 Å². The van der Waals surface area contributed by atoms with Crippen LogP contribution < -0.4 is 5.32 Å². The molecule has 0 unspecified atom stereocenters. The molecule has 0 atom stereocenters. The van der Waals surface area contributed by atoms with E-state index >= 15 is 0 Å². The van der Waals surface area contributed by atoms with E-state index in [1.165, 1.54) is 13.4 Å². The van der Waals surface area contributed by atoms with Crippen molar-refractivity contribution >= 4 is 17.6 Å². The number of aromatic amines is 1. The van der Waals surface area contributed by atoms with Crippen molar-refractivity contribution in [2.24, 2.45) is 0 Å². The van der Waals surface area contributed by atoms with Crippen molar-refractivity contribution in [2.45, 2.75) is 6.92 Å². The van der Waals surface area contributed by atoms with Crippen molar-refractivity contribution < 1.29 is 14.3 Å². The van der Waals surface area contributed by atoms with Crippen LogP contribution in [0, 0.1) is 6.92 Å². The smallest absolute Gasteiger partial charge is 0.338 e. The van der Waals surface area contributed by atoms with Gasteiger partial charge in [-0.3, -0.25) is 9.89 Å². The summed E-state index contributed by atoms with van der Waals surface area (Å²) in [5.74, 6) is -0.779. The molecular weight excluding hydrogens is 248 g/mol. The Labute approximate surface area is 109 Å². The second-order valence-electron chi connectivity index (χ2n) is 3.76. The molecule has 1 amide bonds. The van der Waals surface area contributed by atoms with E-state index in [4.69, 9.17) is 0 Å². The van der Waals surface area contributed by atoms with Crippen molar-refractivity contribution in [1.29, 1.82) is 0 Å². The summed E-state index contributed by atoms with van der Waals surface area (Å²) in [4.78, 5) is 27.1. The highest BCUT2D eigenvalue weighted by atomic mass is 16.5. The highest BCUT2D eigenvalue weighted by Crippen LogP contribution is 2.20. The van der Waals surface area contributed by atoms with E-state index in [2.05, 4.69) is 25.2 Å². The van der Waals surface area contributed by atoms with Crippen LogP contribution in [0.1, 0.15) is 26.5 Å². The molecule has 2 aromatic rings. The summed E-state index contributed by atoms with van der Waals surface area (Å²) < 4.78 is 4.67. The number of methoxy groups -OCH3 is 1. The van der Waals surface area contributed by atoms with Crippen molar-refractivity contribution in [3.63, 3.8) is 0 Å². The molecule has 7 heteroatoms. The van der Waals surface area contributed by atoms with Gasteiger partial charge in [-0.05, 0) is 24.6 Å². The normalized spacial score (nSPS) is 10.0. The number of rotatable bonds is 3. The highest BCUT2D eigenvalue weighted by Gasteiger charge is 2.15. The van der Waals surface area contributed by atoms with E-state index in [9.17, 15) is 9.59 Å². The molecule has 2 rings (SSSR count). The second-order valence-corrected chi connectivity index (χ2v) is 3.76. The lowest BCUT2D eigenvalue weighted by atomic mass is 10.1. The van der Waals surface area contributed by atoms with E-state index in [1.807, 2.05) is 0 Å². The number of nitrogens with one attached hydrogen (secondary N) is 2. The van der Waals surface area contributed by atoms with Gasteiger partial charge in [-0.2, -0.15) is 5.10 Å². The van der Waals surface area contributed by atoms with Crippen LogP contribution in [0.4, 0.5) is 5.69 Å². The van der Waals surface area contributed by atoms with Gasteiger partial charge in [0.1, 0.15) is 6.33 Å². The van der Waals surface area contributed by atoms with E-state index in [0.717, 1.165) is 0 Å². The van der Waals surface area contributed by atoms with Gasteiger partial charge in [0.2, 0.25) is 5.82 Å². The first-order chi connectivity index (χ1) is 9.13. The number of amides is 1. The Bertz CT molecular complexity index is 607. The summed E-state index contributed by atoms with van der Waals surface area (Å²) in [7, 11) is 1.31. The van der Waals surface area contributed by atoms with Crippen molar-refractivity contribution in [3.05, 3.63) is 41.5 Å². The third-order valence-electron chi connectivity index (χ3n) is 2.62. The Morgan fingerprint density at radius 1 is 1.37 bits per heavy atom. The van der Waals surface area contributed by atoms with Gasteiger partial charge in [0.15, 0.2) is 0 Å². The molecule has 1 aromatic carbocycles. The number of benzene rings is 1. The standard InChI is InChI=1S/C12H12N4O3/c1-7-8(12(18)19-2)4-3-5-9(7)15-11(17)10-13-6-14-16-10/h3-6H,1-2H3,(H,15,17)(H,13,14,16). The van der Waals surface area contributed by atoms with Crippen molar-refractivity contribution in [1.82, 2.24) is 15.2 Å². The minimum atomic E-state index is -0.451. The molecule has 98 valence electrons. The first kappa shape index (κ1) is 12.7. The molecule has 0 aliphatic heterocycles. The number of hydrogen-bond donors (Lipinski definition) is 2. The first-order valence-corrected chi connectivity index (χ1v) is 5.48. The van der Waals surface area contributed by atoms with Crippen molar-refractivity contribution in [3.8, 4) is 0 Å². The van der Waals surface area contributed by atoms with Gasteiger partial charge in [-0.1, -0.05) is 6.07 Å². The van der Waals surface area contributed by atoms with Gasteiger partial charge in [0.05, 0.1) is 12.7 Å². The fourth-order valence-corrected chi connectivity index (χ4v) is 1.60. The molecule has 1 aromatic heterocycles. The van der Waals surface area contributed by atoms with Crippen LogP contribution in [-0.2, 0) is 4.74 Å². The summed E-state index contributed by atoms with van der Waals surface area (Å²) in [5.41, 5.74) is 1.55. The maximum absolute atomic E-state index is 11.8. The summed E-state index contributed by atoms with van der Waals surface area (Å²) in [6, 6.07) is 4.98. The van der Waals surface area contributed by atoms with Crippen molar-refractivity contribution in [2.75, 3.05) is 12.4 Å². The van der Waals surface area contributed by atoms with Crippen LogP contribution in [0.3, 0.4) is 0 Å². The lowest BCUT2D eigenvalue weighted by Crippen LogP contribution is -2.15. The van der Waals surface area contributed by atoms with E-state index in [1.54, 1.807) is 25.1 Å². The number of carbonyl (C=O) groups is 2. The average Bonchev–Trinajstić information content (AvgIpc) is 2.94. The lowest BCUT2D eigenvalue weighted by molar-refractivity contribution is 0.0599. The Hall–Kier alpha value is -2.70. The molecule has 0 aliphatic rings. The fourth-order valence-electron chi connectivity index (χ4n) is 1.60. The SMILES string of the molecule is COC(=O)c1cccc(NC(=O)c2ncn[nH]2)c1C. The van der Waals surface area contributed by atoms with Gasteiger partial charge < -0.3 is 10.1 Å². The highest BCUT2D eigenvalue weighted by molar-refractivity contribution is 6.03. The zero-order chi connectivity index (χ0) is 13.8. The average molecular weight is 260 g/mol. The molecular formula is C12H12N4O3. The largest absolute Gasteiger partial charge is 0.465 e. The molecule has 0 aliphatic carbocycles. The minimum absolute atomic E-state index is 0.0999. The van der Waals surface area contributed by atoms with Gasteiger partial charge in [0.25, 0.3) is 5.91 Å². The Morgan fingerprint density at radius 3 is 2.79 bits per heavy atom. The Kier molecular flexibility index (Phi) is 3.56. The number of nitrogens with zero attached hydrogens (tertiary/aromatic N) is 2. The third-order valence-corrected chi connectivity index (χ3v) is 2.62. The number of H-pyrrole nitrogens is 1. The third kappa shape index (κ3) is 2.59. The maximum Gasteiger partial charge on any atom is 0.338 e. The predicted octanol–water partition coefficient (Wildman–Crippen LogP) is 1.15. The van der Waals surface area contributed by atoms with Gasteiger partial charge >= 0.3 is 5.97 Å². The second kappa shape index (κ2) is 5.30. The maximum atomic E-state index is 11.8. The molecule has 2 N–H and O–H groups in total. The van der Waals surface area contributed by atoms with Gasteiger partial charge in [-0.25, -0.2) is 9.78 Å². The molecule has 0 saturated heterocycles. The van der Waals surface area contributed by atoms with E-state index in [0.29, 0.717) is 16.8 Å². The summed E-state index contributed by atoms with van der Waals surface area (Å²) >= 11 is 0. The fraction of sp³-hybridized carbons (Fsp3) is 0.167. The molecule has 0 bridgehead atoms. The van der Waals surface area contributed by atoms with Crippen LogP contribution in [0.15, 0.2) is 24.5 Å². The lowest BCUT2D eigenvalue weighted by Gasteiger charge is -2.10. The van der Waals surface area contributed by atoms with Crippen LogP contribution in [0.5, 0.6) is 0 Å². The van der Waals surface area contributed by atoms with Crippen LogP contribution in [0.25, 0.3) is 0 Å². The molecule has 0 spiro atoms. The van der Waals surface area contributed by atoms with Crippen LogP contribution in [-0.4, -0.2) is 34.2 Å². The number of ether oxygens (including phenoxy) is 1. The molecule has 0 fully saturated rings. The quantitative estimate of drug-likeness (QED) is 0.807. The summed E-state index contributed by atoms with van der Waals surface area (Å²) in [6.07, 6.45) is 1.24. The molecule has 1 heterocycles. The number of hydrogen-bond acceptors (Lipinski definition) is 5. The van der Waals surface area contributed by atoms with Gasteiger partial charge in [0, 0.05) is 5.69 Å². The molecule has 0 saturated carbocycles. The molecule has 19 heavy (non-hydrogen) atoms. The number of esters is 1. The van der Waals surface area contributed by atoms with Gasteiger partial charge in [-0.15, -0.1) is 0 Å².